The average Bonchev–Trinajstić information content (AvgIpc) is 2.21. The van der Waals surface area contributed by atoms with Crippen LogP contribution in [0.2, 0.25) is 5.15 Å². The van der Waals surface area contributed by atoms with Crippen LogP contribution in [-0.4, -0.2) is 41.5 Å². The molecule has 0 spiro atoms. The molecule has 0 unspecified atom stereocenters. The Morgan fingerprint density at radius 1 is 1.53 bits per heavy atom. The molecule has 0 amide bonds. The van der Waals surface area contributed by atoms with Crippen molar-refractivity contribution in [2.45, 2.75) is 6.54 Å². The van der Waals surface area contributed by atoms with Crippen LogP contribution in [0, 0.1) is 0 Å². The van der Waals surface area contributed by atoms with Crippen molar-refractivity contribution in [1.29, 1.82) is 0 Å². The van der Waals surface area contributed by atoms with E-state index < -0.39 is 0 Å². The third-order valence-corrected chi connectivity index (χ3v) is 1.93. The molecule has 0 atom stereocenters. The fourth-order valence-electron chi connectivity index (χ4n) is 1.04. The van der Waals surface area contributed by atoms with Gasteiger partial charge in [0.25, 0.3) is 0 Å². The first-order valence-electron chi connectivity index (χ1n) is 4.33. The lowest BCUT2D eigenvalue weighted by molar-refractivity contribution is -0.141. The monoisotopic (exact) mass is 229 g/mol. The maximum atomic E-state index is 10.9. The Kier molecular flexibility index (Phi) is 4.45. The van der Waals surface area contributed by atoms with Crippen LogP contribution in [0.3, 0.4) is 0 Å². The zero-order valence-electron chi connectivity index (χ0n) is 8.61. The molecular formula is C9H12ClN3O2. The molecule has 0 aromatic carbocycles. The topological polar surface area (TPSA) is 55.3 Å². The van der Waals surface area contributed by atoms with Crippen molar-refractivity contribution in [3.63, 3.8) is 0 Å². The number of esters is 1. The van der Waals surface area contributed by atoms with Crippen LogP contribution in [0.25, 0.3) is 0 Å². The number of halogens is 1. The summed E-state index contributed by atoms with van der Waals surface area (Å²) in [6.45, 7) is 0.750. The van der Waals surface area contributed by atoms with Gasteiger partial charge in [-0.2, -0.15) is 0 Å². The fraction of sp³-hybridized carbons (Fsp3) is 0.444. The fourth-order valence-corrected chi connectivity index (χ4v) is 1.14. The number of carbonyl (C=O) groups is 1. The van der Waals surface area contributed by atoms with E-state index in [1.54, 1.807) is 18.1 Å². The van der Waals surface area contributed by atoms with Gasteiger partial charge in [0.2, 0.25) is 0 Å². The first kappa shape index (κ1) is 11.9. The van der Waals surface area contributed by atoms with Gasteiger partial charge in [-0.1, -0.05) is 11.6 Å². The van der Waals surface area contributed by atoms with Gasteiger partial charge in [-0.05, 0) is 7.05 Å². The highest BCUT2D eigenvalue weighted by atomic mass is 35.5. The Labute approximate surface area is 93.0 Å². The molecule has 1 rings (SSSR count). The number of hydrogen-bond donors (Lipinski definition) is 0. The number of aromatic nitrogens is 2. The van der Waals surface area contributed by atoms with E-state index >= 15 is 0 Å². The number of hydrogen-bond acceptors (Lipinski definition) is 5. The summed E-state index contributed by atoms with van der Waals surface area (Å²) in [5, 5.41) is 0.356. The Morgan fingerprint density at radius 2 is 2.27 bits per heavy atom. The first-order chi connectivity index (χ1) is 7.11. The van der Waals surface area contributed by atoms with Crippen LogP contribution in [0.15, 0.2) is 12.4 Å². The third kappa shape index (κ3) is 4.22. The highest BCUT2D eigenvalue weighted by Crippen LogP contribution is 2.03. The molecule has 1 aromatic rings. The summed E-state index contributed by atoms with van der Waals surface area (Å²) < 4.78 is 4.54. The average molecular weight is 230 g/mol. The zero-order valence-corrected chi connectivity index (χ0v) is 9.36. The minimum absolute atomic E-state index is 0.223. The van der Waals surface area contributed by atoms with Crippen LogP contribution in [0.4, 0.5) is 0 Å². The number of rotatable bonds is 4. The molecule has 6 heteroatoms. The van der Waals surface area contributed by atoms with Crippen molar-refractivity contribution >= 4 is 17.6 Å². The molecule has 0 aliphatic carbocycles. The normalized spacial score (nSPS) is 10.4. The van der Waals surface area contributed by atoms with Crippen LogP contribution in [0.1, 0.15) is 5.69 Å². The van der Waals surface area contributed by atoms with E-state index in [4.69, 9.17) is 11.6 Å². The highest BCUT2D eigenvalue weighted by molar-refractivity contribution is 6.29. The second-order valence-electron chi connectivity index (χ2n) is 3.08. The Hall–Kier alpha value is -1.20. The van der Waals surface area contributed by atoms with Gasteiger partial charge >= 0.3 is 5.97 Å². The summed E-state index contributed by atoms with van der Waals surface area (Å²) in [6.07, 6.45) is 3.05. The van der Waals surface area contributed by atoms with E-state index in [2.05, 4.69) is 14.7 Å². The summed E-state index contributed by atoms with van der Waals surface area (Å²) >= 11 is 5.59. The molecule has 0 aliphatic heterocycles. The van der Waals surface area contributed by atoms with Crippen LogP contribution in [-0.2, 0) is 16.1 Å². The molecule has 0 N–H and O–H groups in total. The number of carbonyl (C=O) groups excluding carboxylic acids is 1. The van der Waals surface area contributed by atoms with Crippen LogP contribution in [0.5, 0.6) is 0 Å². The van der Waals surface area contributed by atoms with E-state index in [0.717, 1.165) is 5.69 Å². The van der Waals surface area contributed by atoms with Crippen molar-refractivity contribution in [2.75, 3.05) is 20.7 Å². The largest absolute Gasteiger partial charge is 0.468 e. The molecule has 0 bridgehead atoms. The molecule has 0 saturated heterocycles. The lowest BCUT2D eigenvalue weighted by Gasteiger charge is -2.13. The van der Waals surface area contributed by atoms with E-state index in [1.165, 1.54) is 13.3 Å². The second kappa shape index (κ2) is 5.63. The van der Waals surface area contributed by atoms with Crippen molar-refractivity contribution < 1.29 is 9.53 Å². The molecule has 0 aliphatic rings. The Bertz CT molecular complexity index is 329. The molecular weight excluding hydrogens is 218 g/mol. The molecule has 1 heterocycles. The van der Waals surface area contributed by atoms with E-state index in [0.29, 0.717) is 11.7 Å². The van der Waals surface area contributed by atoms with Crippen molar-refractivity contribution in [2.24, 2.45) is 0 Å². The van der Waals surface area contributed by atoms with Gasteiger partial charge in [-0.25, -0.2) is 4.98 Å². The van der Waals surface area contributed by atoms with Gasteiger partial charge in [0.05, 0.1) is 31.7 Å². The molecule has 0 saturated carbocycles. The van der Waals surface area contributed by atoms with Gasteiger partial charge in [-0.15, -0.1) is 0 Å². The van der Waals surface area contributed by atoms with Gasteiger partial charge in [0, 0.05) is 6.54 Å². The number of likely N-dealkylation sites (N-methyl/N-ethyl adjacent to an activating group) is 1. The van der Waals surface area contributed by atoms with E-state index in [9.17, 15) is 4.79 Å². The summed E-state index contributed by atoms with van der Waals surface area (Å²) in [5.74, 6) is -0.278. The van der Waals surface area contributed by atoms with Crippen LogP contribution < -0.4 is 0 Å². The highest BCUT2D eigenvalue weighted by Gasteiger charge is 2.07. The minimum Gasteiger partial charge on any atom is -0.468 e. The predicted octanol–water partition coefficient (Wildman–Crippen LogP) is 0.735. The molecule has 5 nitrogen and oxygen atoms in total. The van der Waals surface area contributed by atoms with Gasteiger partial charge in [0.15, 0.2) is 0 Å². The number of ether oxygens (including phenoxy) is 1. The summed E-state index contributed by atoms with van der Waals surface area (Å²) in [4.78, 5) is 20.7. The second-order valence-corrected chi connectivity index (χ2v) is 3.47. The van der Waals surface area contributed by atoms with E-state index in [1.807, 2.05) is 0 Å². The quantitative estimate of drug-likeness (QED) is 0.713. The van der Waals surface area contributed by atoms with E-state index in [-0.39, 0.29) is 12.5 Å². The molecule has 1 aromatic heterocycles. The summed E-state index contributed by atoms with van der Waals surface area (Å²) in [5.41, 5.74) is 0.755. The Morgan fingerprint density at radius 3 is 2.80 bits per heavy atom. The molecule has 82 valence electrons. The molecule has 0 radical (unpaired) electrons. The lowest BCUT2D eigenvalue weighted by Crippen LogP contribution is -2.26. The maximum absolute atomic E-state index is 10.9. The molecule has 15 heavy (non-hydrogen) atoms. The molecule has 0 fully saturated rings. The lowest BCUT2D eigenvalue weighted by atomic mass is 10.4. The van der Waals surface area contributed by atoms with Gasteiger partial charge in [-0.3, -0.25) is 14.7 Å². The minimum atomic E-state index is -0.278. The van der Waals surface area contributed by atoms with Crippen molar-refractivity contribution in [3.8, 4) is 0 Å². The van der Waals surface area contributed by atoms with Crippen molar-refractivity contribution in [3.05, 3.63) is 23.2 Å². The van der Waals surface area contributed by atoms with Gasteiger partial charge in [0.1, 0.15) is 5.15 Å². The van der Waals surface area contributed by atoms with Gasteiger partial charge < -0.3 is 4.74 Å². The first-order valence-corrected chi connectivity index (χ1v) is 4.71. The smallest absolute Gasteiger partial charge is 0.319 e. The number of methoxy groups -OCH3 is 1. The number of nitrogens with zero attached hydrogens (tertiary/aromatic N) is 3. The summed E-state index contributed by atoms with van der Waals surface area (Å²) in [6, 6.07) is 0. The maximum Gasteiger partial charge on any atom is 0.319 e. The van der Waals surface area contributed by atoms with Crippen LogP contribution >= 0.6 is 11.6 Å². The van der Waals surface area contributed by atoms with Crippen molar-refractivity contribution in [1.82, 2.24) is 14.9 Å². The Balaban J connectivity index is 2.47. The zero-order chi connectivity index (χ0) is 11.3. The standard InChI is InChI=1S/C9H12ClN3O2/c1-13(6-9(14)15-2)5-7-3-12-8(10)4-11-7/h3-4H,5-6H2,1-2H3. The predicted molar refractivity (Wildman–Crippen MR) is 55.4 cm³/mol. The third-order valence-electron chi connectivity index (χ3n) is 1.73. The summed E-state index contributed by atoms with van der Waals surface area (Å²) in [7, 11) is 3.16. The SMILES string of the molecule is COC(=O)CN(C)Cc1cnc(Cl)cn1.